The molecule has 2 aliphatic rings. The molecule has 0 aliphatic carbocycles. The van der Waals surface area contributed by atoms with Crippen molar-refractivity contribution in [2.24, 2.45) is 11.8 Å². The van der Waals surface area contributed by atoms with E-state index in [2.05, 4.69) is 5.32 Å². The van der Waals surface area contributed by atoms with Gasteiger partial charge in [-0.05, 0) is 95.2 Å². The maximum Gasteiger partial charge on any atom is 0.344 e. The number of nitrogens with one attached hydrogen (secondary N) is 1. The van der Waals surface area contributed by atoms with E-state index in [4.69, 9.17) is 18.9 Å². The highest BCUT2D eigenvalue weighted by Gasteiger charge is 2.43. The first-order chi connectivity index (χ1) is 31.8. The lowest BCUT2D eigenvalue weighted by Gasteiger charge is -2.37. The number of carboxylic acids is 1. The van der Waals surface area contributed by atoms with Crippen LogP contribution in [-0.4, -0.2) is 143 Å². The molecule has 2 heterocycles. The molecule has 17 heteroatoms. The Balaban J connectivity index is 1.53. The number of carbonyl (C=O) groups is 8. The van der Waals surface area contributed by atoms with Crippen molar-refractivity contribution in [3.63, 3.8) is 0 Å². The summed E-state index contributed by atoms with van der Waals surface area (Å²) in [5, 5.41) is 12.3. The van der Waals surface area contributed by atoms with Crippen molar-refractivity contribution in [3.05, 3.63) is 71.8 Å². The molecule has 17 nitrogen and oxygen atoms in total. The molecule has 0 spiro atoms. The molecule has 4 rings (SSSR count). The fraction of sp³-hybridized carbons (Fsp3) is 0.600. The normalized spacial score (nSPS) is 19.0. The monoisotopic (exact) mass is 934 g/mol. The molecule has 8 atom stereocenters. The van der Waals surface area contributed by atoms with Crippen molar-refractivity contribution in [2.75, 3.05) is 27.2 Å². The van der Waals surface area contributed by atoms with Gasteiger partial charge in [-0.2, -0.15) is 0 Å². The fourth-order valence-corrected chi connectivity index (χ4v) is 8.42. The quantitative estimate of drug-likeness (QED) is 0.123. The lowest BCUT2D eigenvalue weighted by atomic mass is 9.99. The highest BCUT2D eigenvalue weighted by atomic mass is 16.6. The maximum atomic E-state index is 14.4. The van der Waals surface area contributed by atoms with E-state index in [9.17, 15) is 43.5 Å². The predicted octanol–water partition coefficient (Wildman–Crippen LogP) is 4.51. The molecule has 3 amide bonds. The van der Waals surface area contributed by atoms with Crippen LogP contribution >= 0.6 is 0 Å². The van der Waals surface area contributed by atoms with Crippen LogP contribution in [0.25, 0.3) is 0 Å². The minimum absolute atomic E-state index is 0.0642. The van der Waals surface area contributed by atoms with E-state index in [0.29, 0.717) is 37.7 Å². The summed E-state index contributed by atoms with van der Waals surface area (Å²) in [5.74, 6) is -6.49. The Kier molecular flexibility index (Phi) is 20.8. The van der Waals surface area contributed by atoms with E-state index in [0.717, 1.165) is 10.5 Å². The molecule has 368 valence electrons. The number of aliphatic carboxylic acids is 1. The van der Waals surface area contributed by atoms with Crippen LogP contribution < -0.4 is 5.32 Å². The van der Waals surface area contributed by atoms with Crippen LogP contribution in [0, 0.1) is 11.8 Å². The lowest BCUT2D eigenvalue weighted by molar-refractivity contribution is -0.176. The third kappa shape index (κ3) is 15.6. The minimum atomic E-state index is -1.44. The van der Waals surface area contributed by atoms with Gasteiger partial charge in [-0.15, -0.1) is 0 Å². The molecule has 0 aromatic heterocycles. The van der Waals surface area contributed by atoms with Crippen LogP contribution in [0.4, 0.5) is 0 Å². The number of hydrogen-bond acceptors (Lipinski definition) is 13. The molecule has 2 aromatic rings. The smallest absolute Gasteiger partial charge is 0.344 e. The molecule has 0 saturated carbocycles. The Hall–Kier alpha value is -5.84. The highest BCUT2D eigenvalue weighted by Crippen LogP contribution is 2.26. The van der Waals surface area contributed by atoms with Gasteiger partial charge in [0.2, 0.25) is 0 Å². The first-order valence-electron chi connectivity index (χ1n) is 23.5. The third-order valence-electron chi connectivity index (χ3n) is 12.1. The average molecular weight is 935 g/mol. The Morgan fingerprint density at radius 3 is 1.48 bits per heavy atom. The molecule has 0 bridgehead atoms. The van der Waals surface area contributed by atoms with Gasteiger partial charge in [-0.3, -0.25) is 19.2 Å². The van der Waals surface area contributed by atoms with Crippen LogP contribution in [0.3, 0.4) is 0 Å². The second kappa shape index (κ2) is 25.9. The number of carbonyl (C=O) groups excluding carboxylic acids is 7. The molecule has 0 unspecified atom stereocenters. The summed E-state index contributed by atoms with van der Waals surface area (Å²) in [6.45, 7) is 10.6. The van der Waals surface area contributed by atoms with Gasteiger partial charge >= 0.3 is 29.8 Å². The van der Waals surface area contributed by atoms with Gasteiger partial charge in [0.25, 0.3) is 17.7 Å². The maximum absolute atomic E-state index is 14.4. The number of ether oxygens (including phenoxy) is 4. The molecular formula is C50H70N4O13. The summed E-state index contributed by atoms with van der Waals surface area (Å²) in [4.78, 5) is 113. The van der Waals surface area contributed by atoms with Gasteiger partial charge in [0.05, 0.1) is 0 Å². The minimum Gasteiger partial charge on any atom is -0.479 e. The zero-order valence-electron chi connectivity index (χ0n) is 40.2. The Morgan fingerprint density at radius 1 is 0.627 bits per heavy atom. The number of carboxylic acid groups (broad SMARTS) is 1. The molecule has 2 saturated heterocycles. The van der Waals surface area contributed by atoms with Gasteiger partial charge < -0.3 is 44.1 Å². The van der Waals surface area contributed by atoms with Crippen molar-refractivity contribution in [2.45, 2.75) is 154 Å². The van der Waals surface area contributed by atoms with Crippen molar-refractivity contribution >= 4 is 47.6 Å². The topological polar surface area (TPSA) is 215 Å². The van der Waals surface area contributed by atoms with Crippen molar-refractivity contribution in [1.29, 1.82) is 0 Å². The summed E-state index contributed by atoms with van der Waals surface area (Å²) < 4.78 is 22.9. The van der Waals surface area contributed by atoms with Crippen molar-refractivity contribution < 1.29 is 62.4 Å². The SMILES string of the molecule is CN[C@@H](CC(C)C)C(=O)O[C@H](Cc1ccccc1)C(=O)N1CCCC[C@H]1C(=O)O[C@H](C)C(=O)N(C)[C@@H](CC(C)C)C(=O)O[C@H](Cc1ccccc1)C(=O)N1CCCC[C@H]1C(=O)O[C@H](C)C(=O)O. The van der Waals surface area contributed by atoms with E-state index in [1.54, 1.807) is 37.4 Å². The average Bonchev–Trinajstić information content (AvgIpc) is 3.31. The fourth-order valence-electron chi connectivity index (χ4n) is 8.42. The number of nitrogens with zero attached hydrogens (tertiary/aromatic N) is 3. The number of hydrogen-bond donors (Lipinski definition) is 2. The molecule has 2 aliphatic heterocycles. The summed E-state index contributed by atoms with van der Waals surface area (Å²) in [5.41, 5.74) is 1.41. The highest BCUT2D eigenvalue weighted by molar-refractivity contribution is 5.93. The van der Waals surface area contributed by atoms with Gasteiger partial charge in [0.1, 0.15) is 24.2 Å². The first kappa shape index (κ1) is 53.8. The third-order valence-corrected chi connectivity index (χ3v) is 12.1. The van der Waals surface area contributed by atoms with E-state index >= 15 is 0 Å². The molecule has 2 fully saturated rings. The molecule has 2 N–H and O–H groups in total. The zero-order chi connectivity index (χ0) is 49.4. The Labute approximate surface area is 394 Å². The molecule has 0 radical (unpaired) electrons. The number of likely N-dealkylation sites (tertiary alicyclic amines) is 2. The van der Waals surface area contributed by atoms with E-state index < -0.39 is 96.2 Å². The largest absolute Gasteiger partial charge is 0.479 e. The predicted molar refractivity (Wildman–Crippen MR) is 246 cm³/mol. The van der Waals surface area contributed by atoms with Crippen LogP contribution in [0.15, 0.2) is 60.7 Å². The molecule has 67 heavy (non-hydrogen) atoms. The van der Waals surface area contributed by atoms with Crippen LogP contribution in [0.1, 0.15) is 104 Å². The zero-order valence-corrected chi connectivity index (χ0v) is 40.2. The summed E-state index contributed by atoms with van der Waals surface area (Å²) >= 11 is 0. The summed E-state index contributed by atoms with van der Waals surface area (Å²) in [6.07, 6.45) is -2.17. The first-order valence-corrected chi connectivity index (χ1v) is 23.5. The standard InChI is InChI=1S/C50H70N4O13/c1-31(2)27-37(51-7)47(60)66-41(29-35-19-11-9-12-20-35)44(56)53-25-17-15-23-38(53)48(61)64-33(5)43(55)52(8)40(28-32(3)4)50(63)67-42(30-36-21-13-10-14-22-36)45(57)54-26-18-16-24-39(54)49(62)65-34(6)46(58)59/h9-14,19-22,31-34,37-42,51H,15-18,23-30H2,1-8H3,(H,58,59)/t33-,34-,37+,38+,39+,40+,41-,42-/m1/s1. The van der Waals surface area contributed by atoms with Crippen molar-refractivity contribution in [1.82, 2.24) is 20.0 Å². The Bertz CT molecular complexity index is 2000. The van der Waals surface area contributed by atoms with Crippen LogP contribution in [0.2, 0.25) is 0 Å². The van der Waals surface area contributed by atoms with E-state index in [-0.39, 0.29) is 57.0 Å². The molecular weight excluding hydrogens is 865 g/mol. The molecule has 2 aromatic carbocycles. The van der Waals surface area contributed by atoms with Crippen LogP contribution in [-0.2, 0) is 70.1 Å². The lowest BCUT2D eigenvalue weighted by Crippen LogP contribution is -2.55. The number of benzene rings is 2. The van der Waals surface area contributed by atoms with E-state index in [1.165, 1.54) is 30.7 Å². The number of esters is 4. The van der Waals surface area contributed by atoms with Crippen molar-refractivity contribution in [3.8, 4) is 0 Å². The summed E-state index contributed by atoms with van der Waals surface area (Å²) in [7, 11) is 3.03. The Morgan fingerprint density at radius 2 is 1.06 bits per heavy atom. The second-order valence-corrected chi connectivity index (χ2v) is 18.4. The number of piperidine rings is 2. The second-order valence-electron chi connectivity index (χ2n) is 18.4. The number of rotatable bonds is 22. The van der Waals surface area contributed by atoms with Gasteiger partial charge in [0, 0.05) is 33.0 Å². The number of amides is 3. The van der Waals surface area contributed by atoms with Gasteiger partial charge in [-0.25, -0.2) is 19.2 Å². The number of likely N-dealkylation sites (N-methyl/N-ethyl adjacent to an activating group) is 2. The van der Waals surface area contributed by atoms with Crippen LogP contribution in [0.5, 0.6) is 0 Å². The van der Waals surface area contributed by atoms with E-state index in [1.807, 2.05) is 58.0 Å². The van der Waals surface area contributed by atoms with Gasteiger partial charge in [0.15, 0.2) is 24.4 Å². The van der Waals surface area contributed by atoms with Gasteiger partial charge in [-0.1, -0.05) is 88.4 Å². The summed E-state index contributed by atoms with van der Waals surface area (Å²) in [6, 6.07) is 13.9.